The first-order valence-electron chi connectivity index (χ1n) is 15.0. The highest BCUT2D eigenvalue weighted by molar-refractivity contribution is 7.51. The number of anilines is 2. The average molecular weight is 728 g/mol. The second-order valence-corrected chi connectivity index (χ2v) is 13.1. The van der Waals surface area contributed by atoms with Crippen LogP contribution in [0.1, 0.15) is 31.7 Å². The van der Waals surface area contributed by atoms with Gasteiger partial charge in [-0.05, 0) is 18.9 Å². The van der Waals surface area contributed by atoms with Crippen molar-refractivity contribution in [2.75, 3.05) is 38.3 Å². The molecule has 2 aliphatic rings. The number of aliphatic hydroxyl groups excluding tert-OH is 2. The molecule has 5 rings (SSSR count). The topological polar surface area (TPSA) is 346 Å². The van der Waals surface area contributed by atoms with Gasteiger partial charge in [-0.25, -0.2) is 19.4 Å². The summed E-state index contributed by atoms with van der Waals surface area (Å²) in [5, 5.41) is 45.7. The minimum Gasteiger partial charge on any atom is -0.549 e. The standard InChI is InChI=1S/C26H36N9O14P/c1-45-18-17(14(8-36)48-22(18)35-10-29-16-19(35)32-25(28)33-20(16)38)49-50(44,30-5-2-3-12(23(39)40)24(41)42)46-9-11-7-13(37)21(47-11)34-6-4-15(27)31-26(34)43/h4,6,10-14,17-18,21-22,36-37H,2-3,5,7-9H2,1H3,(H,30,44)(H,39,40)(H,41,42)(H2,27,31,43)(H3,28,32,33,38)/p-2/t11-,13+,14+,17+,18+,21+,22+,50?/m0/s1. The molecular weight excluding hydrogens is 693 g/mol. The SMILES string of the molecule is CO[C@@H]1[C@H](OP(=O)(NCCCC(C(=O)[O-])C(=O)[O-])OC[C@@H]2C[C@@H](O)[C@H](n3ccc(N)nc3=O)O2)[C@@H](CO)O[C@H]1n1cnc2c(=O)[nH]c(N)nc21. The number of carboxylic acid groups (broad SMARTS) is 2. The summed E-state index contributed by atoms with van der Waals surface area (Å²) in [4.78, 5) is 61.1. The molecule has 2 saturated heterocycles. The summed E-state index contributed by atoms with van der Waals surface area (Å²) in [6.45, 7) is -1.49. The molecule has 24 heteroatoms. The van der Waals surface area contributed by atoms with Gasteiger partial charge in [-0.2, -0.15) is 9.97 Å². The Hall–Kier alpha value is -4.32. The number of hydrogen-bond acceptors (Lipinski definition) is 19. The van der Waals surface area contributed by atoms with Gasteiger partial charge in [0.2, 0.25) is 5.95 Å². The van der Waals surface area contributed by atoms with Crippen molar-refractivity contribution in [3.05, 3.63) is 39.4 Å². The zero-order valence-electron chi connectivity index (χ0n) is 26.2. The van der Waals surface area contributed by atoms with Crippen molar-refractivity contribution in [3.63, 3.8) is 0 Å². The van der Waals surface area contributed by atoms with E-state index in [0.29, 0.717) is 0 Å². The van der Waals surface area contributed by atoms with Crippen molar-refractivity contribution in [3.8, 4) is 0 Å². The van der Waals surface area contributed by atoms with E-state index < -0.39 is 99.5 Å². The molecule has 5 heterocycles. The van der Waals surface area contributed by atoms with Gasteiger partial charge in [0.25, 0.3) is 5.56 Å². The van der Waals surface area contributed by atoms with Crippen LogP contribution in [0.2, 0.25) is 0 Å². The van der Waals surface area contributed by atoms with Crippen molar-refractivity contribution >= 4 is 42.6 Å². The molecule has 8 N–H and O–H groups in total. The van der Waals surface area contributed by atoms with E-state index in [9.17, 15) is 44.2 Å². The van der Waals surface area contributed by atoms with E-state index in [-0.39, 0.29) is 42.3 Å². The van der Waals surface area contributed by atoms with E-state index in [1.807, 2.05) is 0 Å². The van der Waals surface area contributed by atoms with Crippen LogP contribution < -0.4 is 38.0 Å². The van der Waals surface area contributed by atoms with Gasteiger partial charge in [0.05, 0.1) is 37.6 Å². The number of carbonyl (C=O) groups excluding carboxylic acids is 2. The summed E-state index contributed by atoms with van der Waals surface area (Å²) < 4.78 is 45.6. The summed E-state index contributed by atoms with van der Waals surface area (Å²) >= 11 is 0. The lowest BCUT2D eigenvalue weighted by Gasteiger charge is -2.28. The first-order chi connectivity index (χ1) is 23.7. The van der Waals surface area contributed by atoms with Crippen LogP contribution in [0, 0.1) is 5.92 Å². The third-order valence-corrected chi connectivity index (χ3v) is 9.61. The fourth-order valence-electron chi connectivity index (χ4n) is 5.60. The Morgan fingerprint density at radius 1 is 1.18 bits per heavy atom. The molecule has 1 unspecified atom stereocenters. The van der Waals surface area contributed by atoms with Gasteiger partial charge in [-0.3, -0.25) is 28.0 Å². The lowest BCUT2D eigenvalue weighted by molar-refractivity contribution is -0.332. The van der Waals surface area contributed by atoms with E-state index in [2.05, 4.69) is 25.0 Å². The Morgan fingerprint density at radius 3 is 2.58 bits per heavy atom. The number of fused-ring (bicyclic) bond motifs is 1. The average Bonchev–Trinajstić information content (AvgIpc) is 3.74. The lowest BCUT2D eigenvalue weighted by Crippen LogP contribution is -2.43. The number of aromatic amines is 1. The minimum absolute atomic E-state index is 0.00509. The number of H-pyrrole nitrogens is 1. The molecule has 0 aliphatic carbocycles. The van der Waals surface area contributed by atoms with Crippen molar-refractivity contribution < 1.29 is 57.8 Å². The van der Waals surface area contributed by atoms with E-state index in [4.69, 9.17) is 34.7 Å². The minimum atomic E-state index is -4.55. The molecule has 0 amide bonds. The summed E-state index contributed by atoms with van der Waals surface area (Å²) in [6.07, 6.45) is -6.48. The molecule has 2 fully saturated rings. The number of nitrogens with one attached hydrogen (secondary N) is 2. The Balaban J connectivity index is 1.36. The van der Waals surface area contributed by atoms with Crippen LogP contribution >= 0.6 is 7.75 Å². The largest absolute Gasteiger partial charge is 0.549 e. The highest BCUT2D eigenvalue weighted by Crippen LogP contribution is 2.50. The van der Waals surface area contributed by atoms with Gasteiger partial charge in [0.1, 0.15) is 30.2 Å². The van der Waals surface area contributed by atoms with Gasteiger partial charge in [0, 0.05) is 32.2 Å². The van der Waals surface area contributed by atoms with Crippen molar-refractivity contribution in [2.45, 2.75) is 62.2 Å². The number of aromatic nitrogens is 6. The fourth-order valence-corrected chi connectivity index (χ4v) is 7.20. The third-order valence-electron chi connectivity index (χ3n) is 7.99. The van der Waals surface area contributed by atoms with Crippen LogP contribution in [0.25, 0.3) is 11.2 Å². The number of nitrogens with zero attached hydrogens (tertiary/aromatic N) is 5. The maximum Gasteiger partial charge on any atom is 0.406 e. The summed E-state index contributed by atoms with van der Waals surface area (Å²) in [6, 6.07) is 1.33. The fraction of sp³-hybridized carbons (Fsp3) is 0.577. The molecule has 50 heavy (non-hydrogen) atoms. The predicted molar refractivity (Wildman–Crippen MR) is 161 cm³/mol. The molecular formula is C26H34N9O14P-2. The monoisotopic (exact) mass is 727 g/mol. The van der Waals surface area contributed by atoms with Crippen LogP contribution in [0.5, 0.6) is 0 Å². The van der Waals surface area contributed by atoms with Crippen LogP contribution in [0.4, 0.5) is 11.8 Å². The molecule has 0 spiro atoms. The Labute approximate surface area is 280 Å². The number of carboxylic acids is 2. The Kier molecular flexibility index (Phi) is 11.3. The summed E-state index contributed by atoms with van der Waals surface area (Å²) in [5.74, 6) is -5.94. The first-order valence-corrected chi connectivity index (χ1v) is 16.6. The molecule has 3 aromatic heterocycles. The first kappa shape index (κ1) is 36.9. The van der Waals surface area contributed by atoms with Crippen molar-refractivity contribution in [2.24, 2.45) is 5.92 Å². The number of hydrogen-bond donors (Lipinski definition) is 6. The predicted octanol–water partition coefficient (Wildman–Crippen LogP) is -4.91. The molecule has 274 valence electrons. The van der Waals surface area contributed by atoms with E-state index in [1.54, 1.807) is 0 Å². The summed E-state index contributed by atoms with van der Waals surface area (Å²) in [5.41, 5.74) is 9.74. The smallest absolute Gasteiger partial charge is 0.406 e. The molecule has 2 aliphatic heterocycles. The molecule has 0 aromatic carbocycles. The quantitative estimate of drug-likeness (QED) is 0.0457. The van der Waals surface area contributed by atoms with Crippen LogP contribution in [0.3, 0.4) is 0 Å². The van der Waals surface area contributed by atoms with Crippen molar-refractivity contribution in [1.29, 1.82) is 0 Å². The number of aliphatic carboxylic acids is 2. The number of methoxy groups -OCH3 is 1. The molecule has 0 saturated carbocycles. The van der Waals surface area contributed by atoms with Gasteiger partial charge in [-0.15, -0.1) is 0 Å². The van der Waals surface area contributed by atoms with Crippen molar-refractivity contribution in [1.82, 2.24) is 34.2 Å². The maximum absolute atomic E-state index is 14.3. The third kappa shape index (κ3) is 7.85. The number of ether oxygens (including phenoxy) is 3. The summed E-state index contributed by atoms with van der Waals surface area (Å²) in [7, 11) is -3.28. The van der Waals surface area contributed by atoms with E-state index >= 15 is 0 Å². The van der Waals surface area contributed by atoms with Gasteiger partial charge >= 0.3 is 13.4 Å². The van der Waals surface area contributed by atoms with Gasteiger partial charge in [0.15, 0.2) is 23.6 Å². The van der Waals surface area contributed by atoms with E-state index in [0.717, 1.165) is 4.57 Å². The van der Waals surface area contributed by atoms with Gasteiger partial charge in [-0.1, -0.05) is 0 Å². The number of aliphatic hydroxyl groups is 2. The van der Waals surface area contributed by atoms with Gasteiger partial charge < -0.3 is 55.7 Å². The molecule has 23 nitrogen and oxygen atoms in total. The number of nitrogen functional groups attached to an aromatic ring is 2. The molecule has 8 atom stereocenters. The second-order valence-electron chi connectivity index (χ2n) is 11.3. The second kappa shape index (κ2) is 15.3. The molecule has 0 radical (unpaired) electrons. The number of nitrogens with two attached hydrogens (primary N) is 2. The molecule has 3 aromatic rings. The van der Waals surface area contributed by atoms with Crippen LogP contribution in [-0.2, 0) is 37.4 Å². The highest BCUT2D eigenvalue weighted by Gasteiger charge is 2.50. The number of rotatable bonds is 16. The van der Waals surface area contributed by atoms with Crippen LogP contribution in [0.15, 0.2) is 28.2 Å². The Morgan fingerprint density at radius 2 is 1.92 bits per heavy atom. The number of carbonyl (C=O) groups is 2. The molecule has 0 bridgehead atoms. The maximum atomic E-state index is 14.3. The number of imidazole rings is 1. The highest BCUT2D eigenvalue weighted by atomic mass is 31.2. The zero-order valence-corrected chi connectivity index (χ0v) is 27.1. The van der Waals surface area contributed by atoms with Crippen LogP contribution in [-0.4, -0.2) is 109 Å². The zero-order chi connectivity index (χ0) is 36.3. The lowest BCUT2D eigenvalue weighted by atomic mass is 10.0. The Bertz CT molecular complexity index is 1860. The van der Waals surface area contributed by atoms with E-state index in [1.165, 1.54) is 30.3 Å². The normalized spacial score (nSPS) is 26.4.